The van der Waals surface area contributed by atoms with Gasteiger partial charge in [-0.15, -0.1) is 5.10 Å². The van der Waals surface area contributed by atoms with E-state index in [1.165, 1.54) is 0 Å². The van der Waals surface area contributed by atoms with Gasteiger partial charge in [0.05, 0.1) is 12.2 Å². The molecule has 0 bridgehead atoms. The molecule has 0 spiro atoms. The average Bonchev–Trinajstić information content (AvgIpc) is 3.10. The normalized spacial score (nSPS) is 10.6. The summed E-state index contributed by atoms with van der Waals surface area (Å²) in [4.78, 5) is 7.21. The Hall–Kier alpha value is -2.70. The number of anilines is 1. The Morgan fingerprint density at radius 3 is 3.00 bits per heavy atom. The van der Waals surface area contributed by atoms with Crippen molar-refractivity contribution in [2.45, 2.75) is 13.5 Å². The van der Waals surface area contributed by atoms with Crippen LogP contribution in [0.15, 0.2) is 36.9 Å². The van der Waals surface area contributed by atoms with Crippen LogP contribution in [0.3, 0.4) is 0 Å². The smallest absolute Gasteiger partial charge is 0.143 e. The van der Waals surface area contributed by atoms with E-state index in [0.29, 0.717) is 6.54 Å². The number of aromatic nitrogens is 6. The molecule has 0 fully saturated rings. The Morgan fingerprint density at radius 2 is 2.32 bits per heavy atom. The number of tetrazole rings is 1. The Morgan fingerprint density at radius 1 is 1.37 bits per heavy atom. The fourth-order valence-electron chi connectivity index (χ4n) is 1.87. The molecule has 0 aliphatic heterocycles. The molecular weight excluding hydrogens is 242 g/mol. The first-order valence-corrected chi connectivity index (χ1v) is 5.89. The van der Waals surface area contributed by atoms with Gasteiger partial charge in [-0.3, -0.25) is 0 Å². The Balaban J connectivity index is 1.76. The maximum Gasteiger partial charge on any atom is 0.143 e. The Kier molecular flexibility index (Phi) is 2.93. The number of benzene rings is 1. The van der Waals surface area contributed by atoms with Gasteiger partial charge < -0.3 is 10.3 Å². The van der Waals surface area contributed by atoms with Crippen molar-refractivity contribution in [3.63, 3.8) is 0 Å². The van der Waals surface area contributed by atoms with Crippen LogP contribution in [-0.4, -0.2) is 30.2 Å². The zero-order valence-electron chi connectivity index (χ0n) is 10.4. The summed E-state index contributed by atoms with van der Waals surface area (Å²) in [6.07, 6.45) is 5.13. The maximum absolute atomic E-state index is 4.16. The highest BCUT2D eigenvalue weighted by molar-refractivity contribution is 5.53. The fourth-order valence-corrected chi connectivity index (χ4v) is 1.87. The number of nitrogens with zero attached hydrogens (tertiary/aromatic N) is 5. The number of rotatable bonds is 4. The summed E-state index contributed by atoms with van der Waals surface area (Å²) < 4.78 is 1.64. The minimum Gasteiger partial charge on any atom is -0.378 e. The van der Waals surface area contributed by atoms with Crippen molar-refractivity contribution in [2.24, 2.45) is 0 Å². The summed E-state index contributed by atoms with van der Waals surface area (Å²) in [6, 6.07) is 6.03. The zero-order chi connectivity index (χ0) is 13.1. The zero-order valence-corrected chi connectivity index (χ0v) is 10.4. The third kappa shape index (κ3) is 2.44. The lowest BCUT2D eigenvalue weighted by atomic mass is 10.2. The lowest BCUT2D eigenvalue weighted by Gasteiger charge is -2.09. The van der Waals surface area contributed by atoms with E-state index in [1.807, 2.05) is 25.3 Å². The van der Waals surface area contributed by atoms with Gasteiger partial charge in [0.2, 0.25) is 0 Å². The summed E-state index contributed by atoms with van der Waals surface area (Å²) in [6.45, 7) is 2.69. The summed E-state index contributed by atoms with van der Waals surface area (Å²) >= 11 is 0. The van der Waals surface area contributed by atoms with E-state index in [1.54, 1.807) is 17.2 Å². The molecule has 0 atom stereocenters. The standard InChI is InChI=1S/C12H13N7/c1-9-6-10(15-7-12-13-4-5-14-12)2-3-11(9)19-8-16-17-18-19/h2-6,8,15H,7H2,1H3,(H,13,14). The molecule has 0 aliphatic carbocycles. The van der Waals surface area contributed by atoms with E-state index in [4.69, 9.17) is 0 Å². The van der Waals surface area contributed by atoms with E-state index in [0.717, 1.165) is 22.8 Å². The number of hydrogen-bond acceptors (Lipinski definition) is 5. The molecule has 0 saturated heterocycles. The molecule has 2 heterocycles. The molecule has 0 unspecified atom stereocenters. The van der Waals surface area contributed by atoms with Crippen LogP contribution in [-0.2, 0) is 6.54 Å². The number of nitrogens with one attached hydrogen (secondary N) is 2. The molecule has 19 heavy (non-hydrogen) atoms. The first-order valence-electron chi connectivity index (χ1n) is 5.89. The summed E-state index contributed by atoms with van der Waals surface area (Å²) in [5, 5.41) is 14.5. The van der Waals surface area contributed by atoms with Crippen LogP contribution >= 0.6 is 0 Å². The van der Waals surface area contributed by atoms with Crippen molar-refractivity contribution < 1.29 is 0 Å². The van der Waals surface area contributed by atoms with Crippen LogP contribution in [0, 0.1) is 6.92 Å². The molecule has 3 aromatic rings. The molecule has 7 nitrogen and oxygen atoms in total. The minimum atomic E-state index is 0.663. The number of imidazole rings is 1. The summed E-state index contributed by atoms with van der Waals surface area (Å²) in [5.74, 6) is 0.905. The average molecular weight is 255 g/mol. The van der Waals surface area contributed by atoms with Gasteiger partial charge in [0, 0.05) is 18.1 Å². The lowest BCUT2D eigenvalue weighted by molar-refractivity contribution is 0.785. The monoisotopic (exact) mass is 255 g/mol. The first-order chi connectivity index (χ1) is 9.33. The predicted octanol–water partition coefficient (Wildman–Crippen LogP) is 1.31. The van der Waals surface area contributed by atoms with Crippen LogP contribution in [0.5, 0.6) is 0 Å². The number of H-pyrrole nitrogens is 1. The Labute approximate surface area is 109 Å². The third-order valence-corrected chi connectivity index (χ3v) is 2.81. The quantitative estimate of drug-likeness (QED) is 0.734. The second-order valence-corrected chi connectivity index (χ2v) is 4.15. The van der Waals surface area contributed by atoms with Crippen LogP contribution in [0.4, 0.5) is 5.69 Å². The highest BCUT2D eigenvalue weighted by Crippen LogP contribution is 2.18. The van der Waals surface area contributed by atoms with Crippen molar-refractivity contribution in [1.29, 1.82) is 0 Å². The molecule has 0 amide bonds. The van der Waals surface area contributed by atoms with E-state index in [-0.39, 0.29) is 0 Å². The topological polar surface area (TPSA) is 84.3 Å². The van der Waals surface area contributed by atoms with Gasteiger partial charge in [0.15, 0.2) is 0 Å². The molecule has 0 aliphatic rings. The van der Waals surface area contributed by atoms with Crippen molar-refractivity contribution >= 4 is 5.69 Å². The Bertz CT molecular complexity index is 643. The molecule has 96 valence electrons. The molecular formula is C12H13N7. The molecule has 2 aromatic heterocycles. The largest absolute Gasteiger partial charge is 0.378 e. The second-order valence-electron chi connectivity index (χ2n) is 4.15. The highest BCUT2D eigenvalue weighted by atomic mass is 15.5. The van der Waals surface area contributed by atoms with Gasteiger partial charge in [0.1, 0.15) is 12.2 Å². The molecule has 0 radical (unpaired) electrons. The summed E-state index contributed by atoms with van der Waals surface area (Å²) in [7, 11) is 0. The molecule has 7 heteroatoms. The number of aromatic amines is 1. The number of aryl methyl sites for hydroxylation is 1. The SMILES string of the molecule is Cc1cc(NCc2ncc[nH]2)ccc1-n1cnnn1. The van der Waals surface area contributed by atoms with Crippen molar-refractivity contribution in [3.8, 4) is 5.69 Å². The molecule has 2 N–H and O–H groups in total. The van der Waals surface area contributed by atoms with Crippen molar-refractivity contribution in [2.75, 3.05) is 5.32 Å². The third-order valence-electron chi connectivity index (χ3n) is 2.81. The fraction of sp³-hybridized carbons (Fsp3) is 0.167. The van der Waals surface area contributed by atoms with Crippen molar-refractivity contribution in [1.82, 2.24) is 30.2 Å². The van der Waals surface area contributed by atoms with Crippen LogP contribution in [0.25, 0.3) is 5.69 Å². The van der Waals surface area contributed by atoms with Gasteiger partial charge in [-0.1, -0.05) is 0 Å². The van der Waals surface area contributed by atoms with Crippen molar-refractivity contribution in [3.05, 3.63) is 48.3 Å². The van der Waals surface area contributed by atoms with Crippen LogP contribution < -0.4 is 5.32 Å². The van der Waals surface area contributed by atoms with Gasteiger partial charge >= 0.3 is 0 Å². The van der Waals surface area contributed by atoms with E-state index >= 15 is 0 Å². The first kappa shape index (κ1) is 11.4. The van der Waals surface area contributed by atoms with Gasteiger partial charge in [0.25, 0.3) is 0 Å². The van der Waals surface area contributed by atoms with E-state index in [9.17, 15) is 0 Å². The van der Waals surface area contributed by atoms with E-state index < -0.39 is 0 Å². The van der Waals surface area contributed by atoms with Gasteiger partial charge in [-0.2, -0.15) is 0 Å². The van der Waals surface area contributed by atoms with E-state index in [2.05, 4.69) is 36.9 Å². The van der Waals surface area contributed by atoms with Gasteiger partial charge in [-0.25, -0.2) is 9.67 Å². The van der Waals surface area contributed by atoms with Crippen LogP contribution in [0.1, 0.15) is 11.4 Å². The maximum atomic E-state index is 4.16. The second kappa shape index (κ2) is 4.89. The highest BCUT2D eigenvalue weighted by Gasteiger charge is 2.04. The lowest BCUT2D eigenvalue weighted by Crippen LogP contribution is -2.03. The minimum absolute atomic E-state index is 0.663. The summed E-state index contributed by atoms with van der Waals surface area (Å²) in [5.41, 5.74) is 3.09. The van der Waals surface area contributed by atoms with Crippen LogP contribution in [0.2, 0.25) is 0 Å². The molecule has 0 saturated carbocycles. The predicted molar refractivity (Wildman–Crippen MR) is 69.8 cm³/mol. The molecule has 3 rings (SSSR count). The molecule has 1 aromatic carbocycles. The number of hydrogen-bond donors (Lipinski definition) is 2. The van der Waals surface area contributed by atoms with Gasteiger partial charge in [-0.05, 0) is 41.1 Å².